The van der Waals surface area contributed by atoms with Gasteiger partial charge in [0.2, 0.25) is 5.91 Å². The van der Waals surface area contributed by atoms with Crippen molar-refractivity contribution in [2.45, 2.75) is 19.4 Å². The molecule has 0 saturated heterocycles. The minimum atomic E-state index is -0.146. The van der Waals surface area contributed by atoms with Crippen LogP contribution in [0.3, 0.4) is 0 Å². The van der Waals surface area contributed by atoms with Gasteiger partial charge in [0, 0.05) is 13.1 Å². The molecule has 0 saturated carbocycles. The number of rotatable bonds is 6. The summed E-state index contributed by atoms with van der Waals surface area (Å²) in [5.41, 5.74) is 3.39. The molecular weight excluding hydrogens is 360 g/mol. The van der Waals surface area contributed by atoms with Gasteiger partial charge in [-0.15, -0.1) is 0 Å². The van der Waals surface area contributed by atoms with Crippen LogP contribution in [0.1, 0.15) is 35.1 Å². The number of carbonyl (C=O) groups excluding carboxylic acids is 1. The number of aryl methyl sites for hydroxylation is 1. The van der Waals surface area contributed by atoms with E-state index in [0.29, 0.717) is 6.54 Å². The van der Waals surface area contributed by atoms with Crippen molar-refractivity contribution in [3.8, 4) is 0 Å². The average molecular weight is 386 g/mol. The molecule has 1 amide bonds. The summed E-state index contributed by atoms with van der Waals surface area (Å²) in [7, 11) is 0. The molecule has 0 radical (unpaired) electrons. The molecule has 2 heterocycles. The summed E-state index contributed by atoms with van der Waals surface area (Å²) >= 11 is 0. The van der Waals surface area contributed by atoms with E-state index in [1.165, 1.54) is 5.57 Å². The quantitative estimate of drug-likeness (QED) is 0.674. The number of nitrogens with zero attached hydrogens (tertiary/aromatic N) is 1. The van der Waals surface area contributed by atoms with Crippen molar-refractivity contribution in [2.24, 2.45) is 0 Å². The Labute approximate surface area is 171 Å². The zero-order chi connectivity index (χ0) is 20.1. The highest BCUT2D eigenvalue weighted by molar-refractivity contribution is 5.79. The van der Waals surface area contributed by atoms with Gasteiger partial charge in [0.1, 0.15) is 11.5 Å². The number of amides is 1. The van der Waals surface area contributed by atoms with Gasteiger partial charge in [-0.2, -0.15) is 0 Å². The second kappa shape index (κ2) is 8.93. The van der Waals surface area contributed by atoms with E-state index in [1.807, 2.05) is 55.5 Å². The third-order valence-electron chi connectivity index (χ3n) is 5.29. The monoisotopic (exact) mass is 386 g/mol. The van der Waals surface area contributed by atoms with Gasteiger partial charge in [0.25, 0.3) is 0 Å². The fourth-order valence-corrected chi connectivity index (χ4v) is 3.75. The summed E-state index contributed by atoms with van der Waals surface area (Å²) in [6.45, 7) is 3.95. The summed E-state index contributed by atoms with van der Waals surface area (Å²) in [6, 6.07) is 24.1. The third-order valence-corrected chi connectivity index (χ3v) is 5.29. The van der Waals surface area contributed by atoms with E-state index in [1.54, 1.807) is 0 Å². The van der Waals surface area contributed by atoms with Crippen molar-refractivity contribution in [3.63, 3.8) is 0 Å². The first-order chi connectivity index (χ1) is 14.2. The lowest BCUT2D eigenvalue weighted by Crippen LogP contribution is -2.40. The molecule has 4 heteroatoms. The summed E-state index contributed by atoms with van der Waals surface area (Å²) in [5.74, 6) is 1.91. The zero-order valence-corrected chi connectivity index (χ0v) is 16.7. The molecule has 3 aromatic rings. The van der Waals surface area contributed by atoms with Crippen LogP contribution in [0, 0.1) is 6.92 Å². The van der Waals surface area contributed by atoms with Gasteiger partial charge in [0.15, 0.2) is 0 Å². The Bertz CT molecular complexity index is 937. The molecule has 1 aliphatic rings. The molecule has 0 fully saturated rings. The van der Waals surface area contributed by atoms with E-state index in [0.717, 1.165) is 42.2 Å². The number of benzene rings is 2. The number of hydrogen-bond acceptors (Lipinski definition) is 3. The lowest BCUT2D eigenvalue weighted by atomic mass is 9.98. The van der Waals surface area contributed by atoms with E-state index in [4.69, 9.17) is 4.42 Å². The molecule has 0 atom stereocenters. The van der Waals surface area contributed by atoms with Gasteiger partial charge in [0.05, 0.1) is 12.6 Å². The molecule has 1 N–H and O–H groups in total. The van der Waals surface area contributed by atoms with Crippen LogP contribution >= 0.6 is 0 Å². The van der Waals surface area contributed by atoms with Crippen LogP contribution in [-0.4, -0.2) is 30.4 Å². The minimum absolute atomic E-state index is 0.0356. The molecule has 148 valence electrons. The van der Waals surface area contributed by atoms with E-state index >= 15 is 0 Å². The van der Waals surface area contributed by atoms with E-state index in [9.17, 15) is 4.79 Å². The van der Waals surface area contributed by atoms with Gasteiger partial charge < -0.3 is 9.73 Å². The Hall–Kier alpha value is -3.11. The largest absolute Gasteiger partial charge is 0.462 e. The molecule has 0 spiro atoms. The fraction of sp³-hybridized carbons (Fsp3) is 0.240. The first kappa shape index (κ1) is 19.2. The van der Waals surface area contributed by atoms with Crippen molar-refractivity contribution in [1.29, 1.82) is 0 Å². The third kappa shape index (κ3) is 4.84. The smallest absolute Gasteiger partial charge is 0.234 e. The highest BCUT2D eigenvalue weighted by Gasteiger charge is 2.20. The van der Waals surface area contributed by atoms with Crippen LogP contribution in [0.2, 0.25) is 0 Å². The van der Waals surface area contributed by atoms with E-state index in [-0.39, 0.29) is 11.9 Å². The van der Waals surface area contributed by atoms with Gasteiger partial charge in [-0.25, -0.2) is 0 Å². The number of carbonyl (C=O) groups is 1. The van der Waals surface area contributed by atoms with Crippen LogP contribution in [0.25, 0.3) is 5.57 Å². The first-order valence-corrected chi connectivity index (χ1v) is 10.1. The predicted octanol–water partition coefficient (Wildman–Crippen LogP) is 4.58. The second-order valence-corrected chi connectivity index (χ2v) is 7.45. The Balaban J connectivity index is 1.41. The molecule has 2 aromatic carbocycles. The van der Waals surface area contributed by atoms with Crippen molar-refractivity contribution in [3.05, 3.63) is 102 Å². The first-order valence-electron chi connectivity index (χ1n) is 10.1. The molecular formula is C25H26N2O2. The SMILES string of the molecule is Cc1ccc(C2=CCN(CC(=O)NC(c3ccccc3)c3ccccc3)CC2)o1. The molecule has 1 aliphatic heterocycles. The van der Waals surface area contributed by atoms with Gasteiger partial charge in [-0.1, -0.05) is 66.7 Å². The standard InChI is InChI=1S/C25H26N2O2/c1-19-12-13-23(29-19)20-14-16-27(17-15-20)18-24(28)26-25(21-8-4-2-5-9-21)22-10-6-3-7-11-22/h2-14,25H,15-18H2,1H3,(H,26,28). The summed E-state index contributed by atoms with van der Waals surface area (Å²) in [6.07, 6.45) is 3.06. The van der Waals surface area contributed by atoms with Crippen LogP contribution in [0.5, 0.6) is 0 Å². The van der Waals surface area contributed by atoms with E-state index in [2.05, 4.69) is 40.6 Å². The number of furan rings is 1. The number of nitrogens with one attached hydrogen (secondary N) is 1. The highest BCUT2D eigenvalue weighted by Crippen LogP contribution is 2.24. The van der Waals surface area contributed by atoms with Crippen molar-refractivity contribution < 1.29 is 9.21 Å². The lowest BCUT2D eigenvalue weighted by molar-refractivity contribution is -0.122. The Morgan fingerprint density at radius 1 is 1.00 bits per heavy atom. The maximum atomic E-state index is 12.8. The van der Waals surface area contributed by atoms with Gasteiger partial charge in [-0.05, 0) is 42.2 Å². The van der Waals surface area contributed by atoms with Crippen molar-refractivity contribution in [2.75, 3.05) is 19.6 Å². The van der Waals surface area contributed by atoms with Crippen LogP contribution in [-0.2, 0) is 4.79 Å². The maximum Gasteiger partial charge on any atom is 0.234 e. The summed E-state index contributed by atoms with van der Waals surface area (Å²) < 4.78 is 5.72. The normalized spacial score (nSPS) is 14.6. The minimum Gasteiger partial charge on any atom is -0.462 e. The molecule has 1 aromatic heterocycles. The topological polar surface area (TPSA) is 45.5 Å². The Morgan fingerprint density at radius 3 is 2.17 bits per heavy atom. The van der Waals surface area contributed by atoms with Crippen LogP contribution in [0.4, 0.5) is 0 Å². The lowest BCUT2D eigenvalue weighted by Gasteiger charge is -2.27. The fourth-order valence-electron chi connectivity index (χ4n) is 3.75. The van der Waals surface area contributed by atoms with Gasteiger partial charge >= 0.3 is 0 Å². The predicted molar refractivity (Wildman–Crippen MR) is 115 cm³/mol. The average Bonchev–Trinajstić information content (AvgIpc) is 3.20. The maximum absolute atomic E-state index is 12.8. The van der Waals surface area contributed by atoms with Crippen LogP contribution in [0.15, 0.2) is 83.3 Å². The molecule has 0 unspecified atom stereocenters. The van der Waals surface area contributed by atoms with Crippen molar-refractivity contribution in [1.82, 2.24) is 10.2 Å². The van der Waals surface area contributed by atoms with E-state index < -0.39 is 0 Å². The zero-order valence-electron chi connectivity index (χ0n) is 16.7. The second-order valence-electron chi connectivity index (χ2n) is 7.45. The Kier molecular flexibility index (Phi) is 5.92. The summed E-state index contributed by atoms with van der Waals surface area (Å²) in [5, 5.41) is 3.22. The molecule has 0 aliphatic carbocycles. The Morgan fingerprint density at radius 2 is 1.66 bits per heavy atom. The molecule has 29 heavy (non-hydrogen) atoms. The number of hydrogen-bond donors (Lipinski definition) is 1. The van der Waals surface area contributed by atoms with Crippen LogP contribution < -0.4 is 5.32 Å². The molecule has 4 nitrogen and oxygen atoms in total. The van der Waals surface area contributed by atoms with Gasteiger partial charge in [-0.3, -0.25) is 9.69 Å². The summed E-state index contributed by atoms with van der Waals surface area (Å²) in [4.78, 5) is 15.0. The molecule has 4 rings (SSSR count). The molecule has 0 bridgehead atoms. The van der Waals surface area contributed by atoms with Crippen molar-refractivity contribution >= 4 is 11.5 Å². The highest BCUT2D eigenvalue weighted by atomic mass is 16.3.